The Bertz CT molecular complexity index is 1130. The highest BCUT2D eigenvalue weighted by molar-refractivity contribution is 7.89. The van der Waals surface area contributed by atoms with Crippen LogP contribution in [0.5, 0.6) is 0 Å². The molecule has 7 nitrogen and oxygen atoms in total. The van der Waals surface area contributed by atoms with Gasteiger partial charge in [0.15, 0.2) is 0 Å². The zero-order valence-corrected chi connectivity index (χ0v) is 19.2. The molecule has 0 aliphatic heterocycles. The van der Waals surface area contributed by atoms with Gasteiger partial charge >= 0.3 is 0 Å². The van der Waals surface area contributed by atoms with E-state index in [4.69, 9.17) is 4.42 Å². The Balaban J connectivity index is 1.67. The number of carbonyl (C=O) groups excluding carboxylic acids is 1. The number of furan rings is 1. The van der Waals surface area contributed by atoms with E-state index in [9.17, 15) is 13.2 Å². The van der Waals surface area contributed by atoms with Crippen LogP contribution in [-0.4, -0.2) is 36.3 Å². The van der Waals surface area contributed by atoms with Crippen molar-refractivity contribution < 1.29 is 17.6 Å². The Labute approximate surface area is 183 Å². The summed E-state index contributed by atoms with van der Waals surface area (Å²) < 4.78 is 34.1. The average molecular weight is 444 g/mol. The fraction of sp³-hybridized carbons (Fsp3) is 0.348. The number of nitrogens with zero attached hydrogens (tertiary/aromatic N) is 2. The topological polar surface area (TPSA) is 84.5 Å². The van der Waals surface area contributed by atoms with E-state index in [1.165, 1.54) is 4.31 Å². The average Bonchev–Trinajstić information content (AvgIpc) is 3.37. The highest BCUT2D eigenvalue weighted by Crippen LogP contribution is 2.19. The molecule has 0 atom stereocenters. The second kappa shape index (κ2) is 9.53. The number of rotatable bonds is 9. The molecule has 0 aliphatic carbocycles. The van der Waals surface area contributed by atoms with Gasteiger partial charge < -0.3 is 14.3 Å². The summed E-state index contributed by atoms with van der Waals surface area (Å²) in [4.78, 5) is 13.0. The van der Waals surface area contributed by atoms with E-state index in [1.54, 1.807) is 30.5 Å². The molecule has 0 spiro atoms. The first-order valence-corrected chi connectivity index (χ1v) is 11.8. The van der Waals surface area contributed by atoms with Gasteiger partial charge in [-0.05, 0) is 49.7 Å². The third kappa shape index (κ3) is 4.91. The Morgan fingerprint density at radius 3 is 2.35 bits per heavy atom. The maximum Gasteiger partial charge on any atom is 0.253 e. The zero-order valence-electron chi connectivity index (χ0n) is 18.4. The molecule has 1 amide bonds. The van der Waals surface area contributed by atoms with Crippen LogP contribution in [0.15, 0.2) is 58.0 Å². The highest BCUT2D eigenvalue weighted by Gasteiger charge is 2.21. The molecule has 0 saturated heterocycles. The number of amides is 1. The standard InChI is InChI=1S/C23H29N3O4S/c1-5-25(6-2)31(28,29)21-11-9-19(10-12-21)15-24-23(27)22-14-17(3)26(18(22)4)16-20-8-7-13-30-20/h7-14H,5-6,15-16H2,1-4H3,(H,24,27). The Hall–Kier alpha value is -2.84. The van der Waals surface area contributed by atoms with Crippen LogP contribution in [0, 0.1) is 13.8 Å². The van der Waals surface area contributed by atoms with Crippen LogP contribution >= 0.6 is 0 Å². The summed E-state index contributed by atoms with van der Waals surface area (Å²) in [5.41, 5.74) is 3.29. The van der Waals surface area contributed by atoms with Gasteiger partial charge in [0, 0.05) is 31.0 Å². The molecule has 0 radical (unpaired) electrons. The number of nitrogens with one attached hydrogen (secondary N) is 1. The van der Waals surface area contributed by atoms with Gasteiger partial charge in [-0.15, -0.1) is 0 Å². The molecule has 3 aromatic rings. The number of aromatic nitrogens is 1. The molecule has 31 heavy (non-hydrogen) atoms. The van der Waals surface area contributed by atoms with Gasteiger partial charge in [0.1, 0.15) is 5.76 Å². The van der Waals surface area contributed by atoms with E-state index in [0.29, 0.717) is 31.7 Å². The van der Waals surface area contributed by atoms with Crippen molar-refractivity contribution in [3.63, 3.8) is 0 Å². The zero-order chi connectivity index (χ0) is 22.6. The molecule has 0 fully saturated rings. The van der Waals surface area contributed by atoms with Gasteiger partial charge in [-0.2, -0.15) is 4.31 Å². The van der Waals surface area contributed by atoms with Gasteiger partial charge in [0.25, 0.3) is 5.91 Å². The molecule has 2 aromatic heterocycles. The minimum atomic E-state index is -3.49. The molecule has 3 rings (SSSR count). The number of carbonyl (C=O) groups is 1. The molecule has 1 N–H and O–H groups in total. The summed E-state index contributed by atoms with van der Waals surface area (Å²) in [6.45, 7) is 9.24. The van der Waals surface area contributed by atoms with Crippen molar-refractivity contribution in [2.45, 2.75) is 45.7 Å². The lowest BCUT2D eigenvalue weighted by Crippen LogP contribution is -2.30. The molecule has 0 unspecified atom stereocenters. The molecule has 1 aromatic carbocycles. The third-order valence-corrected chi connectivity index (χ3v) is 7.50. The summed E-state index contributed by atoms with van der Waals surface area (Å²) in [6, 6.07) is 12.3. The lowest BCUT2D eigenvalue weighted by molar-refractivity contribution is 0.0950. The first kappa shape index (κ1) is 22.8. The van der Waals surface area contributed by atoms with E-state index >= 15 is 0 Å². The van der Waals surface area contributed by atoms with Crippen molar-refractivity contribution in [2.24, 2.45) is 0 Å². The maximum atomic E-state index is 12.7. The minimum Gasteiger partial charge on any atom is -0.467 e. The molecule has 8 heteroatoms. The predicted molar refractivity (Wildman–Crippen MR) is 119 cm³/mol. The molecule has 0 bridgehead atoms. The van der Waals surface area contributed by atoms with Crippen LogP contribution < -0.4 is 5.32 Å². The van der Waals surface area contributed by atoms with Crippen LogP contribution in [0.2, 0.25) is 0 Å². The number of aryl methyl sites for hydroxylation is 1. The van der Waals surface area contributed by atoms with E-state index < -0.39 is 10.0 Å². The summed E-state index contributed by atoms with van der Waals surface area (Å²) in [5, 5.41) is 2.92. The van der Waals surface area contributed by atoms with Crippen molar-refractivity contribution in [2.75, 3.05) is 13.1 Å². The predicted octanol–water partition coefficient (Wildman–Crippen LogP) is 3.71. The molecular weight excluding hydrogens is 414 g/mol. The van der Waals surface area contributed by atoms with Gasteiger partial charge in [0.2, 0.25) is 10.0 Å². The van der Waals surface area contributed by atoms with Crippen molar-refractivity contribution in [3.8, 4) is 0 Å². The lowest BCUT2D eigenvalue weighted by atomic mass is 10.2. The fourth-order valence-corrected chi connectivity index (χ4v) is 5.06. The fourth-order valence-electron chi connectivity index (χ4n) is 3.60. The normalized spacial score (nSPS) is 11.8. The monoisotopic (exact) mass is 443 g/mol. The number of benzene rings is 1. The van der Waals surface area contributed by atoms with E-state index in [0.717, 1.165) is 22.7 Å². The summed E-state index contributed by atoms with van der Waals surface area (Å²) in [6.07, 6.45) is 1.63. The quantitative estimate of drug-likeness (QED) is 0.546. The second-order valence-corrected chi connectivity index (χ2v) is 9.30. The number of sulfonamides is 1. The lowest BCUT2D eigenvalue weighted by Gasteiger charge is -2.18. The number of hydrogen-bond acceptors (Lipinski definition) is 4. The van der Waals surface area contributed by atoms with Gasteiger partial charge in [-0.1, -0.05) is 26.0 Å². The molecule has 166 valence electrons. The SMILES string of the molecule is CCN(CC)S(=O)(=O)c1ccc(CNC(=O)c2cc(C)n(Cc3ccco3)c2C)cc1. The third-order valence-electron chi connectivity index (χ3n) is 5.43. The van der Waals surface area contributed by atoms with E-state index in [2.05, 4.69) is 5.32 Å². The maximum absolute atomic E-state index is 12.7. The van der Waals surface area contributed by atoms with Crippen molar-refractivity contribution in [1.29, 1.82) is 0 Å². The largest absolute Gasteiger partial charge is 0.467 e. The Kier molecular flexibility index (Phi) is 7.02. The van der Waals surface area contributed by atoms with Crippen molar-refractivity contribution >= 4 is 15.9 Å². The van der Waals surface area contributed by atoms with Crippen LogP contribution in [0.25, 0.3) is 0 Å². The van der Waals surface area contributed by atoms with Gasteiger partial charge in [-0.3, -0.25) is 4.79 Å². The minimum absolute atomic E-state index is 0.168. The summed E-state index contributed by atoms with van der Waals surface area (Å²) >= 11 is 0. The van der Waals surface area contributed by atoms with Crippen molar-refractivity contribution in [1.82, 2.24) is 14.2 Å². The Morgan fingerprint density at radius 1 is 1.10 bits per heavy atom. The molecule has 0 saturated carbocycles. The molecule has 0 aliphatic rings. The molecule has 2 heterocycles. The van der Waals surface area contributed by atoms with Gasteiger partial charge in [-0.25, -0.2) is 8.42 Å². The van der Waals surface area contributed by atoms with Crippen LogP contribution in [0.3, 0.4) is 0 Å². The smallest absolute Gasteiger partial charge is 0.253 e. The summed E-state index contributed by atoms with van der Waals surface area (Å²) in [5.74, 6) is 0.659. The van der Waals surface area contributed by atoms with E-state index in [1.807, 2.05) is 50.5 Å². The Morgan fingerprint density at radius 2 is 1.77 bits per heavy atom. The number of hydrogen-bond donors (Lipinski definition) is 1. The first-order chi connectivity index (χ1) is 14.8. The van der Waals surface area contributed by atoms with E-state index in [-0.39, 0.29) is 10.8 Å². The second-order valence-electron chi connectivity index (χ2n) is 7.37. The van der Waals surface area contributed by atoms with Crippen LogP contribution in [0.4, 0.5) is 0 Å². The van der Waals surface area contributed by atoms with Crippen LogP contribution in [0.1, 0.15) is 46.9 Å². The van der Waals surface area contributed by atoms with Gasteiger partial charge in [0.05, 0.1) is 23.3 Å². The first-order valence-electron chi connectivity index (χ1n) is 10.3. The molecular formula is C23H29N3O4S. The van der Waals surface area contributed by atoms with Crippen molar-refractivity contribution in [3.05, 3.63) is 77.0 Å². The van der Waals surface area contributed by atoms with Crippen LogP contribution in [-0.2, 0) is 23.1 Å². The summed E-state index contributed by atoms with van der Waals surface area (Å²) in [7, 11) is -3.49. The highest BCUT2D eigenvalue weighted by atomic mass is 32.2.